The number of piperazine rings is 1. The smallest absolute Gasteiger partial charge is 0.236 e. The van der Waals surface area contributed by atoms with Crippen LogP contribution >= 0.6 is 0 Å². The highest BCUT2D eigenvalue weighted by Crippen LogP contribution is 2.28. The molecular formula is C27H33F2N3O. The van der Waals surface area contributed by atoms with Gasteiger partial charge in [-0.2, -0.15) is 0 Å². The van der Waals surface area contributed by atoms with Crippen molar-refractivity contribution in [3.05, 3.63) is 59.2 Å². The highest BCUT2D eigenvalue weighted by Gasteiger charge is 2.28. The molecule has 0 atom stereocenters. The van der Waals surface area contributed by atoms with Gasteiger partial charge >= 0.3 is 0 Å². The first kappa shape index (κ1) is 22.5. The van der Waals surface area contributed by atoms with Crippen LogP contribution in [0.1, 0.15) is 43.2 Å². The number of amides is 1. The summed E-state index contributed by atoms with van der Waals surface area (Å²) in [4.78, 5) is 19.8. The molecule has 1 amide bonds. The van der Waals surface area contributed by atoms with Crippen LogP contribution in [0.4, 0.5) is 8.78 Å². The van der Waals surface area contributed by atoms with Crippen LogP contribution in [-0.2, 0) is 17.8 Å². The van der Waals surface area contributed by atoms with Crippen molar-refractivity contribution in [1.82, 2.24) is 14.7 Å². The van der Waals surface area contributed by atoms with Gasteiger partial charge < -0.3 is 4.90 Å². The van der Waals surface area contributed by atoms with Crippen molar-refractivity contribution in [3.8, 4) is 11.1 Å². The lowest BCUT2D eigenvalue weighted by atomic mass is 9.94. The van der Waals surface area contributed by atoms with E-state index in [1.54, 1.807) is 6.07 Å². The minimum absolute atomic E-state index is 0.236. The number of nitrogens with zero attached hydrogens (tertiary/aromatic N) is 3. The standard InChI is InChI=1S/C27H33F2N3O/c28-25-9-8-21(17-26(25)29)20-6-7-23-18-30(11-10-22(23)16-20)19-27(33)32-14-12-31(13-15-32)24-4-2-1-3-5-24/h6-9,16-17,24H,1-5,10-15,18-19H2. The molecule has 3 aliphatic rings. The second-order valence-corrected chi connectivity index (χ2v) is 9.78. The molecule has 2 aromatic carbocycles. The molecule has 2 fully saturated rings. The van der Waals surface area contributed by atoms with E-state index >= 15 is 0 Å². The van der Waals surface area contributed by atoms with E-state index in [0.29, 0.717) is 12.1 Å². The summed E-state index contributed by atoms with van der Waals surface area (Å²) in [6, 6.07) is 10.9. The van der Waals surface area contributed by atoms with E-state index in [4.69, 9.17) is 0 Å². The van der Waals surface area contributed by atoms with E-state index in [1.807, 2.05) is 11.0 Å². The first-order chi connectivity index (χ1) is 16.1. The predicted octanol–water partition coefficient (Wildman–Crippen LogP) is 4.47. The quantitative estimate of drug-likeness (QED) is 0.684. The molecular weight excluding hydrogens is 420 g/mol. The molecule has 0 N–H and O–H groups in total. The molecule has 1 saturated carbocycles. The van der Waals surface area contributed by atoms with Gasteiger partial charge in [-0.25, -0.2) is 8.78 Å². The van der Waals surface area contributed by atoms with Crippen molar-refractivity contribution in [2.45, 2.75) is 51.1 Å². The molecule has 2 aliphatic heterocycles. The summed E-state index contributed by atoms with van der Waals surface area (Å²) in [6.07, 6.45) is 7.57. The van der Waals surface area contributed by atoms with Gasteiger partial charge in [-0.05, 0) is 53.6 Å². The summed E-state index contributed by atoms with van der Waals surface area (Å²) in [7, 11) is 0. The summed E-state index contributed by atoms with van der Waals surface area (Å²) in [5.74, 6) is -1.41. The lowest BCUT2D eigenvalue weighted by Gasteiger charge is -2.41. The molecule has 176 valence electrons. The molecule has 0 radical (unpaired) electrons. The molecule has 0 spiro atoms. The third-order valence-corrected chi connectivity index (χ3v) is 7.67. The Morgan fingerprint density at radius 1 is 0.818 bits per heavy atom. The Hall–Kier alpha value is -2.31. The Labute approximate surface area is 195 Å². The van der Waals surface area contributed by atoms with E-state index in [0.717, 1.165) is 57.3 Å². The van der Waals surface area contributed by atoms with Gasteiger partial charge in [-0.15, -0.1) is 0 Å². The zero-order valence-electron chi connectivity index (χ0n) is 19.2. The van der Waals surface area contributed by atoms with Crippen molar-refractivity contribution in [1.29, 1.82) is 0 Å². The van der Waals surface area contributed by atoms with Gasteiger partial charge in [0, 0.05) is 45.3 Å². The number of rotatable bonds is 4. The van der Waals surface area contributed by atoms with Crippen LogP contribution < -0.4 is 0 Å². The van der Waals surface area contributed by atoms with E-state index in [-0.39, 0.29) is 5.91 Å². The molecule has 0 bridgehead atoms. The maximum Gasteiger partial charge on any atom is 0.236 e. The molecule has 6 heteroatoms. The predicted molar refractivity (Wildman–Crippen MR) is 126 cm³/mol. The lowest BCUT2D eigenvalue weighted by Crippen LogP contribution is -2.54. The van der Waals surface area contributed by atoms with Gasteiger partial charge in [-0.3, -0.25) is 14.6 Å². The molecule has 1 aliphatic carbocycles. The summed E-state index contributed by atoms with van der Waals surface area (Å²) < 4.78 is 26.9. The zero-order valence-corrected chi connectivity index (χ0v) is 19.2. The van der Waals surface area contributed by atoms with E-state index in [2.05, 4.69) is 21.9 Å². The summed E-state index contributed by atoms with van der Waals surface area (Å²) in [5.41, 5.74) is 4.01. The summed E-state index contributed by atoms with van der Waals surface area (Å²) >= 11 is 0. The van der Waals surface area contributed by atoms with Crippen LogP contribution in [0, 0.1) is 11.6 Å². The van der Waals surface area contributed by atoms with Crippen LogP contribution in [0.2, 0.25) is 0 Å². The van der Waals surface area contributed by atoms with E-state index in [1.165, 1.54) is 55.4 Å². The monoisotopic (exact) mass is 453 g/mol. The molecule has 4 nitrogen and oxygen atoms in total. The van der Waals surface area contributed by atoms with E-state index in [9.17, 15) is 13.6 Å². The Kier molecular flexibility index (Phi) is 6.74. The average Bonchev–Trinajstić information content (AvgIpc) is 2.86. The van der Waals surface area contributed by atoms with Crippen molar-refractivity contribution in [3.63, 3.8) is 0 Å². The summed E-state index contributed by atoms with van der Waals surface area (Å²) in [6.45, 7) is 5.75. The van der Waals surface area contributed by atoms with E-state index < -0.39 is 11.6 Å². The molecule has 2 aromatic rings. The molecule has 5 rings (SSSR count). The lowest BCUT2D eigenvalue weighted by molar-refractivity contribution is -0.134. The fourth-order valence-electron chi connectivity index (χ4n) is 5.68. The third kappa shape index (κ3) is 5.12. The minimum atomic E-state index is -0.826. The number of benzene rings is 2. The molecule has 0 unspecified atom stereocenters. The Bertz CT molecular complexity index is 997. The fraction of sp³-hybridized carbons (Fsp3) is 0.519. The van der Waals surface area contributed by atoms with Gasteiger partial charge in [0.25, 0.3) is 0 Å². The second-order valence-electron chi connectivity index (χ2n) is 9.78. The fourth-order valence-corrected chi connectivity index (χ4v) is 5.68. The number of carbonyl (C=O) groups excluding carboxylic acids is 1. The normalized spacial score (nSPS) is 20.6. The number of halogens is 2. The Morgan fingerprint density at radius 3 is 2.30 bits per heavy atom. The summed E-state index contributed by atoms with van der Waals surface area (Å²) in [5, 5.41) is 0. The topological polar surface area (TPSA) is 26.8 Å². The number of hydrogen-bond acceptors (Lipinski definition) is 3. The highest BCUT2D eigenvalue weighted by atomic mass is 19.2. The zero-order chi connectivity index (χ0) is 22.8. The van der Waals surface area contributed by atoms with Crippen LogP contribution in [0.25, 0.3) is 11.1 Å². The highest BCUT2D eigenvalue weighted by molar-refractivity contribution is 5.78. The van der Waals surface area contributed by atoms with Gasteiger partial charge in [0.15, 0.2) is 11.6 Å². The Balaban J connectivity index is 1.15. The molecule has 2 heterocycles. The van der Waals surface area contributed by atoms with Gasteiger partial charge in [0.1, 0.15) is 0 Å². The average molecular weight is 454 g/mol. The van der Waals surface area contributed by atoms with Crippen molar-refractivity contribution in [2.75, 3.05) is 39.3 Å². The van der Waals surface area contributed by atoms with Crippen LogP contribution in [0.15, 0.2) is 36.4 Å². The van der Waals surface area contributed by atoms with Crippen molar-refractivity contribution >= 4 is 5.91 Å². The second kappa shape index (κ2) is 9.90. The van der Waals surface area contributed by atoms with Gasteiger partial charge in [-0.1, -0.05) is 43.5 Å². The van der Waals surface area contributed by atoms with Crippen molar-refractivity contribution in [2.24, 2.45) is 0 Å². The van der Waals surface area contributed by atoms with Crippen molar-refractivity contribution < 1.29 is 13.6 Å². The van der Waals surface area contributed by atoms with Crippen LogP contribution in [0.5, 0.6) is 0 Å². The number of fused-ring (bicyclic) bond motifs is 1. The number of hydrogen-bond donors (Lipinski definition) is 0. The third-order valence-electron chi connectivity index (χ3n) is 7.67. The SMILES string of the molecule is O=C(CN1CCc2cc(-c3ccc(F)c(F)c3)ccc2C1)N1CCN(C2CCCCC2)CC1. The molecule has 0 aromatic heterocycles. The van der Waals surface area contributed by atoms with Crippen LogP contribution in [-0.4, -0.2) is 65.9 Å². The van der Waals surface area contributed by atoms with Gasteiger partial charge in [0.05, 0.1) is 6.54 Å². The molecule has 1 saturated heterocycles. The number of carbonyl (C=O) groups is 1. The maximum absolute atomic E-state index is 13.6. The first-order valence-corrected chi connectivity index (χ1v) is 12.4. The van der Waals surface area contributed by atoms with Gasteiger partial charge in [0.2, 0.25) is 5.91 Å². The first-order valence-electron chi connectivity index (χ1n) is 12.4. The maximum atomic E-state index is 13.6. The Morgan fingerprint density at radius 2 is 1.55 bits per heavy atom. The van der Waals surface area contributed by atoms with Crippen LogP contribution in [0.3, 0.4) is 0 Å². The molecule has 33 heavy (non-hydrogen) atoms. The largest absolute Gasteiger partial charge is 0.339 e. The minimum Gasteiger partial charge on any atom is -0.339 e.